The molecule has 4 rings (SSSR count). The third-order valence-electron chi connectivity index (χ3n) is 5.65. The van der Waals surface area contributed by atoms with Gasteiger partial charge < -0.3 is 20.7 Å². The summed E-state index contributed by atoms with van der Waals surface area (Å²) in [5.41, 5.74) is 3.52. The summed E-state index contributed by atoms with van der Waals surface area (Å²) in [4.78, 5) is 25.9. The molecule has 1 amide bonds. The Morgan fingerprint density at radius 3 is 2.26 bits per heavy atom. The maximum absolute atomic E-state index is 13.5. The first-order valence-corrected chi connectivity index (χ1v) is 13.6. The van der Waals surface area contributed by atoms with Gasteiger partial charge in [0, 0.05) is 26.9 Å². The second kappa shape index (κ2) is 13.3. The molecule has 198 valence electrons. The number of carbonyl (C=O) groups is 2. The van der Waals surface area contributed by atoms with Crippen molar-refractivity contribution in [1.82, 2.24) is 0 Å². The van der Waals surface area contributed by atoms with Gasteiger partial charge in [-0.3, -0.25) is 9.59 Å². The van der Waals surface area contributed by atoms with Gasteiger partial charge in [0.1, 0.15) is 11.0 Å². The van der Waals surface area contributed by atoms with E-state index in [1.54, 1.807) is 49.6 Å². The fourth-order valence-electron chi connectivity index (χ4n) is 3.74. The highest BCUT2D eigenvalue weighted by molar-refractivity contribution is 8.00. The predicted octanol–water partition coefficient (Wildman–Crippen LogP) is 7.83. The van der Waals surface area contributed by atoms with Gasteiger partial charge in [0.05, 0.1) is 12.8 Å². The van der Waals surface area contributed by atoms with Crippen LogP contribution in [0.4, 0.5) is 17.1 Å². The molecule has 0 saturated carbocycles. The molecule has 0 aromatic heterocycles. The third kappa shape index (κ3) is 7.83. The number of thioether (sulfide) groups is 1. The van der Waals surface area contributed by atoms with Crippen molar-refractivity contribution in [2.24, 2.45) is 0 Å². The number of methoxy groups -OCH3 is 1. The van der Waals surface area contributed by atoms with E-state index in [4.69, 9.17) is 28.6 Å². The van der Waals surface area contributed by atoms with E-state index in [1.807, 2.05) is 54.6 Å². The second-order valence-electron chi connectivity index (χ2n) is 8.48. The van der Waals surface area contributed by atoms with Crippen molar-refractivity contribution in [2.45, 2.75) is 17.1 Å². The quantitative estimate of drug-likeness (QED) is 0.107. The Labute approximate surface area is 242 Å². The smallest absolute Gasteiger partial charge is 0.242 e. The highest BCUT2D eigenvalue weighted by Gasteiger charge is 2.23. The Kier molecular flexibility index (Phi) is 9.59. The number of amides is 1. The Balaban J connectivity index is 1.49. The van der Waals surface area contributed by atoms with E-state index in [2.05, 4.69) is 16.0 Å². The normalized spacial score (nSPS) is 11.3. The summed E-state index contributed by atoms with van der Waals surface area (Å²) in [6.45, 7) is 1.53. The standard InChI is InChI=1S/C30H26ClN3O3S2/c1-19(35)20-11-14-23(15-12-20)32-30(38)33-24-9-6-10-25(18-24)39-28(21-7-4-3-5-8-21)29(36)34-26-17-22(31)13-16-27(26)37-2/h3-18,28H,1-2H3,(H,34,36)(H2,32,33,38). The first-order chi connectivity index (χ1) is 18.8. The maximum Gasteiger partial charge on any atom is 0.242 e. The molecule has 0 fully saturated rings. The van der Waals surface area contributed by atoms with E-state index < -0.39 is 5.25 Å². The number of ether oxygens (including phenoxy) is 1. The summed E-state index contributed by atoms with van der Waals surface area (Å²) in [5.74, 6) is 0.315. The number of ketones is 1. The van der Waals surface area contributed by atoms with Crippen molar-refractivity contribution in [3.63, 3.8) is 0 Å². The number of thiocarbonyl (C=S) groups is 1. The fourth-order valence-corrected chi connectivity index (χ4v) is 5.23. The van der Waals surface area contributed by atoms with Gasteiger partial charge in [0.25, 0.3) is 0 Å². The van der Waals surface area contributed by atoms with Crippen molar-refractivity contribution >= 4 is 69.4 Å². The summed E-state index contributed by atoms with van der Waals surface area (Å²) >= 11 is 13.1. The number of nitrogens with one attached hydrogen (secondary N) is 3. The van der Waals surface area contributed by atoms with Crippen LogP contribution in [-0.4, -0.2) is 23.9 Å². The zero-order chi connectivity index (χ0) is 27.8. The first kappa shape index (κ1) is 28.2. The van der Waals surface area contributed by atoms with Crippen LogP contribution in [0.3, 0.4) is 0 Å². The molecule has 0 aliphatic rings. The minimum atomic E-state index is -0.546. The van der Waals surface area contributed by atoms with Crippen LogP contribution in [0.5, 0.6) is 5.75 Å². The zero-order valence-electron chi connectivity index (χ0n) is 21.2. The Hall–Kier alpha value is -3.85. The second-order valence-corrected chi connectivity index (χ2v) is 10.5. The minimum absolute atomic E-state index is 0.00533. The lowest BCUT2D eigenvalue weighted by atomic mass is 10.1. The lowest BCUT2D eigenvalue weighted by Crippen LogP contribution is -2.20. The summed E-state index contributed by atoms with van der Waals surface area (Å²) in [6, 6.07) is 29.4. The van der Waals surface area contributed by atoms with Gasteiger partial charge in [-0.25, -0.2) is 0 Å². The molecule has 3 N–H and O–H groups in total. The molecular formula is C30H26ClN3O3S2. The van der Waals surface area contributed by atoms with E-state index in [1.165, 1.54) is 18.7 Å². The summed E-state index contributed by atoms with van der Waals surface area (Å²) < 4.78 is 5.39. The maximum atomic E-state index is 13.5. The van der Waals surface area contributed by atoms with Crippen molar-refractivity contribution in [1.29, 1.82) is 0 Å². The first-order valence-electron chi connectivity index (χ1n) is 12.0. The van der Waals surface area contributed by atoms with Crippen LogP contribution in [-0.2, 0) is 4.79 Å². The molecule has 0 spiro atoms. The van der Waals surface area contributed by atoms with Gasteiger partial charge in [-0.15, -0.1) is 11.8 Å². The molecule has 6 nitrogen and oxygen atoms in total. The van der Waals surface area contributed by atoms with Crippen LogP contribution in [0.2, 0.25) is 5.02 Å². The minimum Gasteiger partial charge on any atom is -0.495 e. The fraction of sp³-hybridized carbons (Fsp3) is 0.100. The van der Waals surface area contributed by atoms with Crippen molar-refractivity contribution < 1.29 is 14.3 Å². The Morgan fingerprint density at radius 1 is 0.846 bits per heavy atom. The van der Waals surface area contributed by atoms with Crippen LogP contribution in [0.25, 0.3) is 0 Å². The summed E-state index contributed by atoms with van der Waals surface area (Å²) in [7, 11) is 1.54. The molecule has 39 heavy (non-hydrogen) atoms. The zero-order valence-corrected chi connectivity index (χ0v) is 23.6. The van der Waals surface area contributed by atoms with E-state index in [0.29, 0.717) is 27.1 Å². The molecule has 0 bridgehead atoms. The Bertz CT molecular complexity index is 1480. The number of benzene rings is 4. The van der Waals surface area contributed by atoms with E-state index in [-0.39, 0.29) is 11.7 Å². The van der Waals surface area contributed by atoms with Crippen LogP contribution in [0.1, 0.15) is 28.1 Å². The van der Waals surface area contributed by atoms with Gasteiger partial charge in [-0.1, -0.05) is 48.0 Å². The van der Waals surface area contributed by atoms with Crippen molar-refractivity contribution in [3.8, 4) is 5.75 Å². The van der Waals surface area contributed by atoms with Gasteiger partial charge in [0.15, 0.2) is 10.9 Å². The van der Waals surface area contributed by atoms with Gasteiger partial charge >= 0.3 is 0 Å². The van der Waals surface area contributed by atoms with Crippen molar-refractivity contribution in [2.75, 3.05) is 23.1 Å². The average molecular weight is 576 g/mol. The van der Waals surface area contributed by atoms with E-state index in [9.17, 15) is 9.59 Å². The summed E-state index contributed by atoms with van der Waals surface area (Å²) in [5, 5.41) is 9.62. The van der Waals surface area contributed by atoms with E-state index >= 15 is 0 Å². The van der Waals surface area contributed by atoms with Crippen LogP contribution >= 0.6 is 35.6 Å². The number of carbonyl (C=O) groups excluding carboxylic acids is 2. The number of Topliss-reactive ketones (excluding diaryl/α,β-unsaturated/α-hetero) is 1. The largest absolute Gasteiger partial charge is 0.495 e. The molecule has 0 aliphatic carbocycles. The lowest BCUT2D eigenvalue weighted by molar-refractivity contribution is -0.115. The molecule has 1 unspecified atom stereocenters. The highest BCUT2D eigenvalue weighted by Crippen LogP contribution is 2.38. The average Bonchev–Trinajstić information content (AvgIpc) is 2.93. The lowest BCUT2D eigenvalue weighted by Gasteiger charge is -2.19. The molecule has 0 heterocycles. The molecule has 4 aromatic carbocycles. The molecule has 0 saturated heterocycles. The van der Waals surface area contributed by atoms with E-state index in [0.717, 1.165) is 21.8 Å². The van der Waals surface area contributed by atoms with Crippen LogP contribution in [0, 0.1) is 0 Å². The van der Waals surface area contributed by atoms with Crippen LogP contribution < -0.4 is 20.7 Å². The monoisotopic (exact) mass is 575 g/mol. The number of halogens is 1. The summed E-state index contributed by atoms with van der Waals surface area (Å²) in [6.07, 6.45) is 0. The molecule has 4 aromatic rings. The SMILES string of the molecule is COc1ccc(Cl)cc1NC(=O)C(Sc1cccc(NC(=S)Nc2ccc(C(C)=O)cc2)c1)c1ccccc1. The number of hydrogen-bond acceptors (Lipinski definition) is 5. The number of hydrogen-bond donors (Lipinski definition) is 3. The molecular weight excluding hydrogens is 550 g/mol. The van der Waals surface area contributed by atoms with Gasteiger partial charge in [0.2, 0.25) is 5.91 Å². The van der Waals surface area contributed by atoms with Gasteiger partial charge in [-0.05, 0) is 85.4 Å². The van der Waals surface area contributed by atoms with Crippen molar-refractivity contribution in [3.05, 3.63) is 113 Å². The number of rotatable bonds is 9. The highest BCUT2D eigenvalue weighted by atomic mass is 35.5. The Morgan fingerprint density at radius 2 is 1.56 bits per heavy atom. The molecule has 9 heteroatoms. The van der Waals surface area contributed by atoms with Crippen LogP contribution in [0.15, 0.2) is 102 Å². The molecule has 1 atom stereocenters. The number of anilines is 3. The third-order valence-corrected chi connectivity index (χ3v) is 7.34. The predicted molar refractivity (Wildman–Crippen MR) is 164 cm³/mol. The molecule has 0 radical (unpaired) electrons. The van der Waals surface area contributed by atoms with Gasteiger partial charge in [-0.2, -0.15) is 0 Å². The molecule has 0 aliphatic heterocycles. The topological polar surface area (TPSA) is 79.5 Å².